The SMILES string of the molecule is CC(C)c1ccc(C(C)NC(=O)C2(n3cccn3)CCNCC2)cc1. The number of benzene rings is 1. The lowest BCUT2D eigenvalue weighted by atomic mass is 9.87. The highest BCUT2D eigenvalue weighted by atomic mass is 16.2. The Labute approximate surface area is 149 Å². The lowest BCUT2D eigenvalue weighted by Crippen LogP contribution is -2.55. The number of amides is 1. The van der Waals surface area contributed by atoms with Gasteiger partial charge in [-0.25, -0.2) is 0 Å². The van der Waals surface area contributed by atoms with Crippen LogP contribution in [0.1, 0.15) is 56.7 Å². The standard InChI is InChI=1S/C20H28N4O/c1-15(2)17-5-7-18(8-6-17)16(3)23-19(25)20(9-12-21-13-10-20)24-14-4-11-22-24/h4-8,11,14-16,21H,9-10,12-13H2,1-3H3,(H,23,25). The molecule has 5 nitrogen and oxygen atoms in total. The molecule has 1 amide bonds. The smallest absolute Gasteiger partial charge is 0.248 e. The molecule has 0 saturated carbocycles. The van der Waals surface area contributed by atoms with E-state index in [0.717, 1.165) is 31.5 Å². The van der Waals surface area contributed by atoms with Crippen molar-refractivity contribution in [2.45, 2.75) is 51.1 Å². The Balaban J connectivity index is 1.77. The van der Waals surface area contributed by atoms with Gasteiger partial charge in [-0.15, -0.1) is 0 Å². The van der Waals surface area contributed by atoms with E-state index >= 15 is 0 Å². The van der Waals surface area contributed by atoms with Crippen LogP contribution in [0.15, 0.2) is 42.7 Å². The van der Waals surface area contributed by atoms with Crippen molar-refractivity contribution in [1.29, 1.82) is 0 Å². The van der Waals surface area contributed by atoms with Gasteiger partial charge in [-0.2, -0.15) is 5.10 Å². The summed E-state index contributed by atoms with van der Waals surface area (Å²) in [6, 6.07) is 10.4. The maximum absolute atomic E-state index is 13.2. The molecule has 134 valence electrons. The minimum Gasteiger partial charge on any atom is -0.347 e. The Morgan fingerprint density at radius 1 is 1.16 bits per heavy atom. The van der Waals surface area contributed by atoms with E-state index in [2.05, 4.69) is 53.8 Å². The van der Waals surface area contributed by atoms with Crippen molar-refractivity contribution in [2.24, 2.45) is 0 Å². The number of nitrogens with one attached hydrogen (secondary N) is 2. The third kappa shape index (κ3) is 3.61. The topological polar surface area (TPSA) is 59.0 Å². The van der Waals surface area contributed by atoms with Gasteiger partial charge in [-0.05, 0) is 56.0 Å². The van der Waals surface area contributed by atoms with Crippen molar-refractivity contribution in [3.05, 3.63) is 53.9 Å². The predicted molar refractivity (Wildman–Crippen MR) is 99.4 cm³/mol. The van der Waals surface area contributed by atoms with Crippen LogP contribution in [-0.4, -0.2) is 28.8 Å². The summed E-state index contributed by atoms with van der Waals surface area (Å²) in [4.78, 5) is 13.2. The van der Waals surface area contributed by atoms with E-state index in [1.54, 1.807) is 6.20 Å². The predicted octanol–water partition coefficient (Wildman–Crippen LogP) is 2.96. The molecule has 25 heavy (non-hydrogen) atoms. The summed E-state index contributed by atoms with van der Waals surface area (Å²) in [6.45, 7) is 8.06. The molecule has 2 N–H and O–H groups in total. The lowest BCUT2D eigenvalue weighted by molar-refractivity contribution is -0.132. The van der Waals surface area contributed by atoms with Crippen LogP contribution in [0.25, 0.3) is 0 Å². The van der Waals surface area contributed by atoms with Crippen LogP contribution in [0.5, 0.6) is 0 Å². The third-order valence-electron chi connectivity index (χ3n) is 5.25. The van der Waals surface area contributed by atoms with E-state index in [9.17, 15) is 4.79 Å². The second-order valence-corrected chi connectivity index (χ2v) is 7.25. The number of carbonyl (C=O) groups is 1. The number of hydrogen-bond acceptors (Lipinski definition) is 3. The molecule has 1 aliphatic rings. The Morgan fingerprint density at radius 3 is 2.36 bits per heavy atom. The molecule has 0 aliphatic carbocycles. The van der Waals surface area contributed by atoms with Gasteiger partial charge < -0.3 is 10.6 Å². The third-order valence-corrected chi connectivity index (χ3v) is 5.25. The Morgan fingerprint density at radius 2 is 1.80 bits per heavy atom. The molecule has 2 heterocycles. The first-order valence-corrected chi connectivity index (χ1v) is 9.14. The molecule has 2 aromatic rings. The van der Waals surface area contributed by atoms with Crippen molar-refractivity contribution >= 4 is 5.91 Å². The fraction of sp³-hybridized carbons (Fsp3) is 0.500. The van der Waals surface area contributed by atoms with Crippen LogP contribution in [0.3, 0.4) is 0 Å². The summed E-state index contributed by atoms with van der Waals surface area (Å²) in [5.74, 6) is 0.565. The molecule has 1 atom stereocenters. The molecule has 0 bridgehead atoms. The molecule has 1 aromatic carbocycles. The number of aromatic nitrogens is 2. The maximum Gasteiger partial charge on any atom is 0.248 e. The van der Waals surface area contributed by atoms with Gasteiger partial charge in [0.15, 0.2) is 0 Å². The Bertz CT molecular complexity index is 685. The second kappa shape index (κ2) is 7.40. The van der Waals surface area contributed by atoms with Crippen molar-refractivity contribution in [2.75, 3.05) is 13.1 Å². The molecule has 0 radical (unpaired) electrons. The summed E-state index contributed by atoms with van der Waals surface area (Å²) >= 11 is 0. The first-order chi connectivity index (χ1) is 12.0. The van der Waals surface area contributed by atoms with Crippen LogP contribution in [0.4, 0.5) is 0 Å². The number of nitrogens with zero attached hydrogens (tertiary/aromatic N) is 2. The molecule has 0 spiro atoms. The monoisotopic (exact) mass is 340 g/mol. The van der Waals surface area contributed by atoms with Gasteiger partial charge in [-0.3, -0.25) is 9.48 Å². The summed E-state index contributed by atoms with van der Waals surface area (Å²) in [5, 5.41) is 10.9. The molecule has 1 fully saturated rings. The second-order valence-electron chi connectivity index (χ2n) is 7.25. The fourth-order valence-corrected chi connectivity index (χ4v) is 3.51. The van der Waals surface area contributed by atoms with Crippen LogP contribution < -0.4 is 10.6 Å². The van der Waals surface area contributed by atoms with Crippen LogP contribution in [-0.2, 0) is 10.3 Å². The van der Waals surface area contributed by atoms with Gasteiger partial charge in [0.1, 0.15) is 5.54 Å². The van der Waals surface area contributed by atoms with E-state index in [4.69, 9.17) is 0 Å². The quantitative estimate of drug-likeness (QED) is 0.880. The largest absolute Gasteiger partial charge is 0.347 e. The first-order valence-electron chi connectivity index (χ1n) is 9.14. The molecule has 3 rings (SSSR count). The van der Waals surface area contributed by atoms with Crippen molar-refractivity contribution in [3.8, 4) is 0 Å². The average Bonchev–Trinajstić information content (AvgIpc) is 3.17. The number of rotatable bonds is 5. The first kappa shape index (κ1) is 17.7. The van der Waals surface area contributed by atoms with Gasteiger partial charge in [0.25, 0.3) is 0 Å². The van der Waals surface area contributed by atoms with Crippen molar-refractivity contribution in [1.82, 2.24) is 20.4 Å². The zero-order chi connectivity index (χ0) is 17.9. The van der Waals surface area contributed by atoms with E-state index < -0.39 is 5.54 Å². The molecule has 1 saturated heterocycles. The highest BCUT2D eigenvalue weighted by Gasteiger charge is 2.42. The zero-order valence-corrected chi connectivity index (χ0v) is 15.3. The number of hydrogen-bond donors (Lipinski definition) is 2. The van der Waals surface area contributed by atoms with Crippen molar-refractivity contribution in [3.63, 3.8) is 0 Å². The van der Waals surface area contributed by atoms with Gasteiger partial charge in [-0.1, -0.05) is 38.1 Å². The molecular weight excluding hydrogens is 312 g/mol. The van der Waals surface area contributed by atoms with E-state index in [1.807, 2.05) is 23.9 Å². The van der Waals surface area contributed by atoms with Gasteiger partial charge in [0, 0.05) is 12.4 Å². The van der Waals surface area contributed by atoms with Gasteiger partial charge >= 0.3 is 0 Å². The highest BCUT2D eigenvalue weighted by molar-refractivity contribution is 5.85. The van der Waals surface area contributed by atoms with Gasteiger partial charge in [0.05, 0.1) is 6.04 Å². The number of piperidine rings is 1. The van der Waals surface area contributed by atoms with E-state index in [-0.39, 0.29) is 11.9 Å². The molecule has 1 aromatic heterocycles. The Kier molecular flexibility index (Phi) is 5.23. The van der Waals surface area contributed by atoms with Gasteiger partial charge in [0.2, 0.25) is 5.91 Å². The van der Waals surface area contributed by atoms with Crippen LogP contribution >= 0.6 is 0 Å². The average molecular weight is 340 g/mol. The van der Waals surface area contributed by atoms with E-state index in [0.29, 0.717) is 5.92 Å². The Hall–Kier alpha value is -2.14. The molecule has 1 aliphatic heterocycles. The summed E-state index contributed by atoms with van der Waals surface area (Å²) in [7, 11) is 0. The maximum atomic E-state index is 13.2. The summed E-state index contributed by atoms with van der Waals surface area (Å²) in [5.41, 5.74) is 1.84. The highest BCUT2D eigenvalue weighted by Crippen LogP contribution is 2.28. The van der Waals surface area contributed by atoms with Crippen LogP contribution in [0, 0.1) is 0 Å². The summed E-state index contributed by atoms with van der Waals surface area (Å²) in [6.07, 6.45) is 5.14. The zero-order valence-electron chi connectivity index (χ0n) is 15.3. The number of carbonyl (C=O) groups excluding carboxylic acids is 1. The van der Waals surface area contributed by atoms with Crippen LogP contribution in [0.2, 0.25) is 0 Å². The fourth-order valence-electron chi connectivity index (χ4n) is 3.51. The minimum atomic E-state index is -0.596. The lowest BCUT2D eigenvalue weighted by Gasteiger charge is -2.37. The summed E-state index contributed by atoms with van der Waals surface area (Å²) < 4.78 is 1.83. The molecular formula is C20H28N4O. The molecule has 5 heteroatoms. The molecule has 1 unspecified atom stereocenters. The minimum absolute atomic E-state index is 0.0314. The normalized spacial score (nSPS) is 18.1. The van der Waals surface area contributed by atoms with Crippen molar-refractivity contribution < 1.29 is 4.79 Å². The van der Waals surface area contributed by atoms with E-state index in [1.165, 1.54) is 5.56 Å².